The number of carbonyl (C=O) groups excluding carboxylic acids is 1. The van der Waals surface area contributed by atoms with Gasteiger partial charge in [-0.15, -0.1) is 0 Å². The smallest absolute Gasteiger partial charge is 0.328 e. The zero-order valence-corrected chi connectivity index (χ0v) is 10.2. The summed E-state index contributed by atoms with van der Waals surface area (Å²) in [4.78, 5) is 21.4. The molecule has 1 aromatic rings. The van der Waals surface area contributed by atoms with Gasteiger partial charge in [0.05, 0.1) is 5.69 Å². The van der Waals surface area contributed by atoms with Crippen molar-refractivity contribution in [2.75, 3.05) is 5.32 Å². The third-order valence-corrected chi connectivity index (χ3v) is 2.49. The first kappa shape index (κ1) is 12.7. The normalized spacial score (nSPS) is 10.4. The molecule has 0 heterocycles. The van der Waals surface area contributed by atoms with Gasteiger partial charge in [0.1, 0.15) is 0 Å². The van der Waals surface area contributed by atoms with Crippen LogP contribution in [0, 0.1) is 0 Å². The van der Waals surface area contributed by atoms with Crippen LogP contribution < -0.4 is 5.32 Å². The average Bonchev–Trinajstić information content (AvgIpc) is 2.20. The first-order valence-corrected chi connectivity index (χ1v) is 5.33. The summed E-state index contributed by atoms with van der Waals surface area (Å²) in [6, 6.07) is 4.89. The van der Waals surface area contributed by atoms with E-state index in [-0.39, 0.29) is 0 Å². The van der Waals surface area contributed by atoms with Gasteiger partial charge in [-0.2, -0.15) is 0 Å². The Morgan fingerprint density at radius 1 is 1.38 bits per heavy atom. The molecule has 0 radical (unpaired) electrons. The van der Waals surface area contributed by atoms with Gasteiger partial charge in [0.15, 0.2) is 0 Å². The predicted molar refractivity (Wildman–Crippen MR) is 64.6 cm³/mol. The van der Waals surface area contributed by atoms with E-state index in [1.807, 2.05) is 0 Å². The molecule has 4 nitrogen and oxygen atoms in total. The van der Waals surface area contributed by atoms with E-state index in [0.29, 0.717) is 15.2 Å². The SMILES string of the molecule is O=C(O)/C=C/C(=O)Nc1cc(Cl)ccc1Br. The molecule has 0 aromatic heterocycles. The first-order chi connectivity index (χ1) is 7.49. The number of hydrogen-bond donors (Lipinski definition) is 2. The zero-order chi connectivity index (χ0) is 12.1. The van der Waals surface area contributed by atoms with Crippen LogP contribution in [0.25, 0.3) is 0 Å². The van der Waals surface area contributed by atoms with Crippen molar-refractivity contribution < 1.29 is 14.7 Å². The van der Waals surface area contributed by atoms with Gasteiger partial charge in [0.2, 0.25) is 5.91 Å². The second kappa shape index (κ2) is 5.67. The van der Waals surface area contributed by atoms with Gasteiger partial charge in [-0.25, -0.2) is 4.79 Å². The Labute approximate surface area is 105 Å². The number of carboxylic acid groups (broad SMARTS) is 1. The van der Waals surface area contributed by atoms with Crippen LogP contribution in [0.2, 0.25) is 5.02 Å². The molecule has 0 spiro atoms. The van der Waals surface area contributed by atoms with Crippen molar-refractivity contribution in [2.45, 2.75) is 0 Å². The minimum Gasteiger partial charge on any atom is -0.478 e. The fourth-order valence-electron chi connectivity index (χ4n) is 0.915. The lowest BCUT2D eigenvalue weighted by molar-refractivity contribution is -0.131. The van der Waals surface area contributed by atoms with Crippen molar-refractivity contribution >= 4 is 45.1 Å². The number of nitrogens with one attached hydrogen (secondary N) is 1. The third kappa shape index (κ3) is 4.04. The van der Waals surface area contributed by atoms with Crippen LogP contribution in [0.4, 0.5) is 5.69 Å². The summed E-state index contributed by atoms with van der Waals surface area (Å²) in [7, 11) is 0. The summed E-state index contributed by atoms with van der Waals surface area (Å²) in [5.41, 5.74) is 0.479. The molecule has 0 bridgehead atoms. The van der Waals surface area contributed by atoms with Crippen molar-refractivity contribution in [3.63, 3.8) is 0 Å². The maximum absolute atomic E-state index is 11.3. The van der Waals surface area contributed by atoms with E-state index < -0.39 is 11.9 Å². The summed E-state index contributed by atoms with van der Waals surface area (Å²) in [5, 5.41) is 11.3. The van der Waals surface area contributed by atoms with Crippen molar-refractivity contribution in [2.24, 2.45) is 0 Å². The summed E-state index contributed by atoms with van der Waals surface area (Å²) in [6.07, 6.45) is 1.68. The lowest BCUT2D eigenvalue weighted by Crippen LogP contribution is -2.09. The van der Waals surface area contributed by atoms with E-state index in [2.05, 4.69) is 21.2 Å². The number of aliphatic carboxylic acids is 1. The Morgan fingerprint density at radius 2 is 2.06 bits per heavy atom. The molecule has 0 aliphatic rings. The second-order valence-corrected chi connectivity index (χ2v) is 4.08. The molecule has 0 atom stereocenters. The molecule has 1 aromatic carbocycles. The van der Waals surface area contributed by atoms with Crippen LogP contribution in [-0.2, 0) is 9.59 Å². The number of carbonyl (C=O) groups is 2. The van der Waals surface area contributed by atoms with Crippen LogP contribution in [0.1, 0.15) is 0 Å². The van der Waals surface area contributed by atoms with Crippen LogP contribution >= 0.6 is 27.5 Å². The predicted octanol–water partition coefficient (Wildman–Crippen LogP) is 2.68. The Balaban J connectivity index is 2.77. The third-order valence-electron chi connectivity index (χ3n) is 1.56. The maximum Gasteiger partial charge on any atom is 0.328 e. The standard InChI is InChI=1S/C10H7BrClNO3/c11-7-2-1-6(12)5-8(7)13-9(14)3-4-10(15)16/h1-5H,(H,13,14)(H,15,16)/b4-3+. The van der Waals surface area contributed by atoms with Crippen LogP contribution in [0.5, 0.6) is 0 Å². The highest BCUT2D eigenvalue weighted by Gasteiger charge is 2.03. The van der Waals surface area contributed by atoms with E-state index in [1.165, 1.54) is 0 Å². The maximum atomic E-state index is 11.3. The largest absolute Gasteiger partial charge is 0.478 e. The van der Waals surface area contributed by atoms with E-state index in [0.717, 1.165) is 12.2 Å². The molecular weight excluding hydrogens is 297 g/mol. The van der Waals surface area contributed by atoms with Crippen LogP contribution in [0.3, 0.4) is 0 Å². The average molecular weight is 305 g/mol. The van der Waals surface area contributed by atoms with Crippen molar-refractivity contribution in [1.29, 1.82) is 0 Å². The topological polar surface area (TPSA) is 66.4 Å². The van der Waals surface area contributed by atoms with Gasteiger partial charge in [0.25, 0.3) is 0 Å². The molecule has 84 valence electrons. The molecule has 0 aliphatic carbocycles. The molecule has 1 rings (SSSR count). The highest BCUT2D eigenvalue weighted by atomic mass is 79.9. The molecule has 2 N–H and O–H groups in total. The molecule has 0 saturated heterocycles. The number of benzene rings is 1. The number of hydrogen-bond acceptors (Lipinski definition) is 2. The number of halogens is 2. The van der Waals surface area contributed by atoms with Gasteiger partial charge in [-0.3, -0.25) is 4.79 Å². The van der Waals surface area contributed by atoms with Crippen LogP contribution in [0.15, 0.2) is 34.8 Å². The van der Waals surface area contributed by atoms with Gasteiger partial charge in [0, 0.05) is 21.6 Å². The Morgan fingerprint density at radius 3 is 2.69 bits per heavy atom. The molecule has 0 unspecified atom stereocenters. The highest BCUT2D eigenvalue weighted by molar-refractivity contribution is 9.10. The van der Waals surface area contributed by atoms with Crippen molar-refractivity contribution in [3.8, 4) is 0 Å². The van der Waals surface area contributed by atoms with E-state index in [4.69, 9.17) is 16.7 Å². The summed E-state index contributed by atoms with van der Waals surface area (Å²) in [5.74, 6) is -1.72. The fraction of sp³-hybridized carbons (Fsp3) is 0. The molecule has 0 saturated carbocycles. The summed E-state index contributed by atoms with van der Waals surface area (Å²) >= 11 is 8.97. The number of rotatable bonds is 3. The van der Waals surface area contributed by atoms with Gasteiger partial charge < -0.3 is 10.4 Å². The molecule has 6 heteroatoms. The van der Waals surface area contributed by atoms with Crippen LogP contribution in [-0.4, -0.2) is 17.0 Å². The summed E-state index contributed by atoms with van der Waals surface area (Å²) in [6.45, 7) is 0. The number of amides is 1. The van der Waals surface area contributed by atoms with Crippen molar-refractivity contribution in [1.82, 2.24) is 0 Å². The quantitative estimate of drug-likeness (QED) is 0.844. The van der Waals surface area contributed by atoms with Gasteiger partial charge in [-0.1, -0.05) is 11.6 Å². The summed E-state index contributed by atoms with van der Waals surface area (Å²) < 4.78 is 0.661. The fourth-order valence-corrected chi connectivity index (χ4v) is 1.43. The molecular formula is C10H7BrClNO3. The second-order valence-electron chi connectivity index (χ2n) is 2.78. The zero-order valence-electron chi connectivity index (χ0n) is 7.91. The monoisotopic (exact) mass is 303 g/mol. The molecule has 0 fully saturated rings. The lowest BCUT2D eigenvalue weighted by Gasteiger charge is -2.04. The van der Waals surface area contributed by atoms with Crippen molar-refractivity contribution in [3.05, 3.63) is 39.8 Å². The highest BCUT2D eigenvalue weighted by Crippen LogP contribution is 2.25. The molecule has 0 aliphatic heterocycles. The number of carboxylic acids is 1. The molecule has 16 heavy (non-hydrogen) atoms. The first-order valence-electron chi connectivity index (χ1n) is 4.16. The Bertz CT molecular complexity index is 459. The minimum atomic E-state index is -1.18. The molecule has 1 amide bonds. The van der Waals surface area contributed by atoms with Gasteiger partial charge in [-0.05, 0) is 34.1 Å². The minimum absolute atomic E-state index is 0.473. The van der Waals surface area contributed by atoms with Gasteiger partial charge >= 0.3 is 5.97 Å². The van der Waals surface area contributed by atoms with E-state index in [9.17, 15) is 9.59 Å². The number of anilines is 1. The van der Waals surface area contributed by atoms with E-state index in [1.54, 1.807) is 18.2 Å². The Kier molecular flexibility index (Phi) is 4.52. The lowest BCUT2D eigenvalue weighted by atomic mass is 10.3. The van der Waals surface area contributed by atoms with E-state index >= 15 is 0 Å². The Hall–Kier alpha value is -1.33.